The van der Waals surface area contributed by atoms with Crippen LogP contribution in [0.15, 0.2) is 30.5 Å². The number of nitrogens with two attached hydrogens (primary N) is 1. The molecule has 0 unspecified atom stereocenters. The molecule has 2 N–H and O–H groups in total. The van der Waals surface area contributed by atoms with Crippen LogP contribution in [0.4, 0.5) is 13.2 Å². The van der Waals surface area contributed by atoms with E-state index in [0.29, 0.717) is 11.3 Å². The third-order valence-corrected chi connectivity index (χ3v) is 2.56. The lowest BCUT2D eigenvalue weighted by molar-refractivity contribution is -0.138. The molecular formula is C13H12F3N3O. The van der Waals surface area contributed by atoms with Gasteiger partial charge in [-0.3, -0.25) is 0 Å². The minimum atomic E-state index is -4.54. The van der Waals surface area contributed by atoms with Gasteiger partial charge in [-0.15, -0.1) is 0 Å². The van der Waals surface area contributed by atoms with Crippen molar-refractivity contribution in [2.75, 3.05) is 0 Å². The molecular weight excluding hydrogens is 271 g/mol. The summed E-state index contributed by atoms with van der Waals surface area (Å²) in [6.07, 6.45) is -3.12. The lowest BCUT2D eigenvalue weighted by Crippen LogP contribution is -2.09. The zero-order chi connectivity index (χ0) is 14.8. The molecule has 0 saturated heterocycles. The highest BCUT2D eigenvalue weighted by molar-refractivity contribution is 5.40. The van der Waals surface area contributed by atoms with E-state index in [9.17, 15) is 13.2 Å². The Bertz CT molecular complexity index is 614. The average molecular weight is 283 g/mol. The minimum Gasteiger partial charge on any atom is -0.424 e. The van der Waals surface area contributed by atoms with Gasteiger partial charge >= 0.3 is 12.2 Å². The molecule has 1 aromatic carbocycles. The molecule has 2 aromatic rings. The van der Waals surface area contributed by atoms with Crippen LogP contribution in [0.2, 0.25) is 0 Å². The Hall–Kier alpha value is -2.15. The van der Waals surface area contributed by atoms with Gasteiger partial charge in [0, 0.05) is 18.4 Å². The van der Waals surface area contributed by atoms with Gasteiger partial charge in [-0.25, -0.2) is 9.97 Å². The summed E-state index contributed by atoms with van der Waals surface area (Å²) in [4.78, 5) is 7.68. The molecule has 4 nitrogen and oxygen atoms in total. The largest absolute Gasteiger partial charge is 0.424 e. The number of nitrogens with zero attached hydrogens (tertiary/aromatic N) is 2. The van der Waals surface area contributed by atoms with Crippen LogP contribution < -0.4 is 10.5 Å². The first-order chi connectivity index (χ1) is 9.40. The molecule has 0 aliphatic rings. The first-order valence-corrected chi connectivity index (χ1v) is 5.78. The predicted molar refractivity (Wildman–Crippen MR) is 66.2 cm³/mol. The molecule has 0 amide bonds. The summed E-state index contributed by atoms with van der Waals surface area (Å²) in [5.74, 6) is -0.347. The van der Waals surface area contributed by atoms with Gasteiger partial charge in [-0.1, -0.05) is 6.07 Å². The van der Waals surface area contributed by atoms with Crippen molar-refractivity contribution in [1.29, 1.82) is 0 Å². The monoisotopic (exact) mass is 283 g/mol. The summed E-state index contributed by atoms with van der Waals surface area (Å²) in [5, 5.41) is 0. The fourth-order valence-electron chi connectivity index (χ4n) is 1.59. The van der Waals surface area contributed by atoms with Gasteiger partial charge in [0.2, 0.25) is 0 Å². The zero-order valence-corrected chi connectivity index (χ0v) is 10.6. The second-order valence-electron chi connectivity index (χ2n) is 4.12. The fourth-order valence-corrected chi connectivity index (χ4v) is 1.59. The number of hydrogen-bond acceptors (Lipinski definition) is 4. The van der Waals surface area contributed by atoms with Crippen molar-refractivity contribution in [1.82, 2.24) is 9.97 Å². The van der Waals surface area contributed by atoms with Gasteiger partial charge < -0.3 is 10.5 Å². The Morgan fingerprint density at radius 1 is 1.25 bits per heavy atom. The van der Waals surface area contributed by atoms with Crippen molar-refractivity contribution >= 4 is 0 Å². The molecule has 0 aliphatic carbocycles. The molecule has 0 atom stereocenters. The number of aryl methyl sites for hydroxylation is 1. The molecule has 1 heterocycles. The van der Waals surface area contributed by atoms with Crippen molar-refractivity contribution in [3.8, 4) is 11.8 Å². The predicted octanol–water partition coefficient (Wildman–Crippen LogP) is 3.05. The molecule has 106 valence electrons. The van der Waals surface area contributed by atoms with E-state index in [4.69, 9.17) is 10.5 Å². The van der Waals surface area contributed by atoms with Crippen LogP contribution in [0, 0.1) is 6.92 Å². The highest BCUT2D eigenvalue weighted by Crippen LogP contribution is 2.38. The standard InChI is InChI=1S/C13H12F3N3O/c1-8-4-5-18-12(19-8)20-11-3-2-9(7-17)6-10(11)13(14,15)16/h2-6H,7,17H2,1H3. The molecule has 0 fully saturated rings. The number of benzene rings is 1. The Labute approximate surface area is 113 Å². The number of rotatable bonds is 3. The summed E-state index contributed by atoms with van der Waals surface area (Å²) in [5.41, 5.74) is 5.42. The van der Waals surface area contributed by atoms with Gasteiger partial charge in [0.1, 0.15) is 5.75 Å². The highest BCUT2D eigenvalue weighted by Gasteiger charge is 2.35. The van der Waals surface area contributed by atoms with Crippen molar-refractivity contribution in [3.05, 3.63) is 47.3 Å². The number of aromatic nitrogens is 2. The van der Waals surface area contributed by atoms with Crippen molar-refractivity contribution in [3.63, 3.8) is 0 Å². The van der Waals surface area contributed by atoms with Crippen LogP contribution in [0.25, 0.3) is 0 Å². The maximum atomic E-state index is 13.0. The first-order valence-electron chi connectivity index (χ1n) is 5.78. The van der Waals surface area contributed by atoms with Crippen LogP contribution in [0.5, 0.6) is 11.8 Å². The molecule has 7 heteroatoms. The van der Waals surface area contributed by atoms with Gasteiger partial charge in [0.05, 0.1) is 5.56 Å². The van der Waals surface area contributed by atoms with E-state index in [1.807, 2.05) is 0 Å². The number of halogens is 3. The van der Waals surface area contributed by atoms with Crippen LogP contribution in [0.3, 0.4) is 0 Å². The van der Waals surface area contributed by atoms with E-state index >= 15 is 0 Å². The van der Waals surface area contributed by atoms with Gasteiger partial charge in [-0.2, -0.15) is 13.2 Å². The molecule has 20 heavy (non-hydrogen) atoms. The van der Waals surface area contributed by atoms with Gasteiger partial charge in [-0.05, 0) is 30.7 Å². The third kappa shape index (κ3) is 3.24. The number of alkyl halides is 3. The van der Waals surface area contributed by atoms with Crippen LogP contribution in [-0.2, 0) is 12.7 Å². The molecule has 0 spiro atoms. The van der Waals surface area contributed by atoms with Crippen molar-refractivity contribution in [2.45, 2.75) is 19.6 Å². The second-order valence-corrected chi connectivity index (χ2v) is 4.12. The van der Waals surface area contributed by atoms with Crippen LogP contribution in [0.1, 0.15) is 16.8 Å². The molecule has 1 aromatic heterocycles. The molecule has 0 radical (unpaired) electrons. The SMILES string of the molecule is Cc1ccnc(Oc2ccc(CN)cc2C(F)(F)F)n1. The summed E-state index contributed by atoms with van der Waals surface area (Å²) in [7, 11) is 0. The molecule has 2 rings (SSSR count). The smallest absolute Gasteiger partial charge is 0.419 e. The Kier molecular flexibility index (Phi) is 3.89. The lowest BCUT2D eigenvalue weighted by atomic mass is 10.1. The van der Waals surface area contributed by atoms with E-state index in [-0.39, 0.29) is 18.3 Å². The summed E-state index contributed by atoms with van der Waals surface area (Å²) in [6.45, 7) is 1.71. The van der Waals surface area contributed by atoms with Crippen molar-refractivity contribution in [2.24, 2.45) is 5.73 Å². The Balaban J connectivity index is 2.41. The maximum absolute atomic E-state index is 13.0. The van der Waals surface area contributed by atoms with Crippen molar-refractivity contribution < 1.29 is 17.9 Å². The van der Waals surface area contributed by atoms with E-state index in [1.165, 1.54) is 18.3 Å². The quantitative estimate of drug-likeness (QED) is 0.940. The summed E-state index contributed by atoms with van der Waals surface area (Å²) >= 11 is 0. The normalized spacial score (nSPS) is 11.4. The number of hydrogen-bond donors (Lipinski definition) is 1. The lowest BCUT2D eigenvalue weighted by Gasteiger charge is -2.14. The van der Waals surface area contributed by atoms with E-state index in [0.717, 1.165) is 6.07 Å². The average Bonchev–Trinajstić information content (AvgIpc) is 2.38. The van der Waals surface area contributed by atoms with Gasteiger partial charge in [0.15, 0.2) is 0 Å². The van der Waals surface area contributed by atoms with E-state index < -0.39 is 11.7 Å². The highest BCUT2D eigenvalue weighted by atomic mass is 19.4. The molecule has 0 aliphatic heterocycles. The third-order valence-electron chi connectivity index (χ3n) is 2.56. The summed E-state index contributed by atoms with van der Waals surface area (Å²) < 4.78 is 44.1. The Morgan fingerprint density at radius 3 is 2.60 bits per heavy atom. The maximum Gasteiger partial charge on any atom is 0.419 e. The number of ether oxygens (including phenoxy) is 1. The summed E-state index contributed by atoms with van der Waals surface area (Å²) in [6, 6.07) is 5.15. The molecule has 0 bridgehead atoms. The first kappa shape index (κ1) is 14.3. The zero-order valence-electron chi connectivity index (χ0n) is 10.6. The minimum absolute atomic E-state index is 0.0182. The van der Waals surface area contributed by atoms with E-state index in [2.05, 4.69) is 9.97 Å². The van der Waals surface area contributed by atoms with E-state index in [1.54, 1.807) is 13.0 Å². The van der Waals surface area contributed by atoms with Gasteiger partial charge in [0.25, 0.3) is 0 Å². The van der Waals surface area contributed by atoms with Crippen LogP contribution >= 0.6 is 0 Å². The Morgan fingerprint density at radius 2 is 2.00 bits per heavy atom. The topological polar surface area (TPSA) is 61.0 Å². The fraction of sp³-hybridized carbons (Fsp3) is 0.231. The van der Waals surface area contributed by atoms with Crippen LogP contribution in [-0.4, -0.2) is 9.97 Å². The molecule has 0 saturated carbocycles. The second kappa shape index (κ2) is 5.46.